The predicted molar refractivity (Wildman–Crippen MR) is 53.6 cm³/mol. The highest BCUT2D eigenvalue weighted by atomic mass is 16.6. The average molecular weight is 186 g/mol. The molecule has 2 heteroatoms. The number of hydrogen-bond acceptors (Lipinski definition) is 2. The van der Waals surface area contributed by atoms with Gasteiger partial charge in [0.2, 0.25) is 0 Å². The minimum Gasteiger partial charge on any atom is -0.390 e. The molecule has 2 nitrogen and oxygen atoms in total. The Morgan fingerprint density at radius 2 is 1.85 bits per heavy atom. The lowest BCUT2D eigenvalue weighted by Gasteiger charge is -2.09. The van der Waals surface area contributed by atoms with Gasteiger partial charge in [-0.25, -0.2) is 0 Å². The summed E-state index contributed by atoms with van der Waals surface area (Å²) in [5.41, 5.74) is -0.0722. The average Bonchev–Trinajstić information content (AvgIpc) is 2.59. The molecule has 1 saturated heterocycles. The minimum atomic E-state index is -0.256. The van der Waals surface area contributed by atoms with Crippen molar-refractivity contribution >= 4 is 0 Å². The largest absolute Gasteiger partial charge is 0.390 e. The van der Waals surface area contributed by atoms with Gasteiger partial charge in [-0.1, -0.05) is 26.7 Å². The molecule has 0 aromatic rings. The predicted octanol–water partition coefficient (Wildman–Crippen LogP) is 2.35. The molecule has 1 N–H and O–H groups in total. The Bertz CT molecular complexity index is 163. The molecule has 0 bridgehead atoms. The molecule has 0 aromatic heterocycles. The summed E-state index contributed by atoms with van der Waals surface area (Å²) < 4.78 is 5.37. The molecular formula is C11H22O2. The van der Waals surface area contributed by atoms with Crippen molar-refractivity contribution in [1.82, 2.24) is 0 Å². The van der Waals surface area contributed by atoms with Gasteiger partial charge in [0.15, 0.2) is 0 Å². The Morgan fingerprint density at radius 3 is 2.23 bits per heavy atom. The zero-order valence-corrected chi connectivity index (χ0v) is 9.21. The van der Waals surface area contributed by atoms with E-state index in [-0.39, 0.29) is 17.8 Å². The van der Waals surface area contributed by atoms with Crippen LogP contribution in [0.2, 0.25) is 0 Å². The summed E-state index contributed by atoms with van der Waals surface area (Å²) in [7, 11) is 0. The zero-order valence-electron chi connectivity index (χ0n) is 9.21. The summed E-state index contributed by atoms with van der Waals surface area (Å²) in [5.74, 6) is 0.736. The van der Waals surface area contributed by atoms with Crippen molar-refractivity contribution < 1.29 is 9.84 Å². The van der Waals surface area contributed by atoms with E-state index in [9.17, 15) is 5.11 Å². The van der Waals surface area contributed by atoms with Crippen molar-refractivity contribution in [2.24, 2.45) is 5.92 Å². The Morgan fingerprint density at radius 1 is 1.31 bits per heavy atom. The fourth-order valence-corrected chi connectivity index (χ4v) is 1.72. The first kappa shape index (κ1) is 11.0. The Hall–Kier alpha value is -0.0800. The van der Waals surface area contributed by atoms with Gasteiger partial charge in [-0.3, -0.25) is 0 Å². The maximum atomic E-state index is 9.71. The highest BCUT2D eigenvalue weighted by Gasteiger charge is 2.51. The molecule has 0 aromatic carbocycles. The lowest BCUT2D eigenvalue weighted by molar-refractivity contribution is 0.122. The summed E-state index contributed by atoms with van der Waals surface area (Å²) in [6, 6.07) is 0. The van der Waals surface area contributed by atoms with Crippen LogP contribution in [0.3, 0.4) is 0 Å². The van der Waals surface area contributed by atoms with Crippen molar-refractivity contribution in [1.29, 1.82) is 0 Å². The van der Waals surface area contributed by atoms with Crippen LogP contribution in [-0.4, -0.2) is 22.9 Å². The standard InChI is InChI=1S/C11H22O2/c1-8(2)6-5-7-9(12)10-11(3,4)13-10/h8-10,12H,5-7H2,1-4H3/t9-,10+/m0/s1. The first-order valence-corrected chi connectivity index (χ1v) is 5.29. The maximum absolute atomic E-state index is 9.71. The van der Waals surface area contributed by atoms with Crippen LogP contribution >= 0.6 is 0 Å². The van der Waals surface area contributed by atoms with Crippen LogP contribution < -0.4 is 0 Å². The summed E-state index contributed by atoms with van der Waals surface area (Å²) in [4.78, 5) is 0. The Balaban J connectivity index is 2.09. The number of aliphatic hydroxyl groups excluding tert-OH is 1. The van der Waals surface area contributed by atoms with Gasteiger partial charge in [-0.2, -0.15) is 0 Å². The summed E-state index contributed by atoms with van der Waals surface area (Å²) in [6.07, 6.45) is 3.01. The molecule has 1 rings (SSSR count). The van der Waals surface area contributed by atoms with E-state index < -0.39 is 0 Å². The van der Waals surface area contributed by atoms with E-state index in [1.807, 2.05) is 13.8 Å². The van der Waals surface area contributed by atoms with E-state index >= 15 is 0 Å². The van der Waals surface area contributed by atoms with Crippen molar-refractivity contribution in [2.75, 3.05) is 0 Å². The third-order valence-electron chi connectivity index (χ3n) is 2.69. The molecule has 0 unspecified atom stereocenters. The van der Waals surface area contributed by atoms with Crippen molar-refractivity contribution in [3.8, 4) is 0 Å². The van der Waals surface area contributed by atoms with Gasteiger partial charge in [0, 0.05) is 0 Å². The van der Waals surface area contributed by atoms with E-state index in [1.165, 1.54) is 6.42 Å². The van der Waals surface area contributed by atoms with E-state index in [2.05, 4.69) is 13.8 Å². The van der Waals surface area contributed by atoms with Crippen LogP contribution in [0.15, 0.2) is 0 Å². The summed E-state index contributed by atoms with van der Waals surface area (Å²) in [6.45, 7) is 8.49. The molecule has 1 aliphatic rings. The first-order valence-electron chi connectivity index (χ1n) is 5.29. The topological polar surface area (TPSA) is 32.8 Å². The molecule has 78 valence electrons. The SMILES string of the molecule is CC(C)CCC[C@H](O)[C@H]1OC1(C)C. The summed E-state index contributed by atoms with van der Waals surface area (Å²) >= 11 is 0. The van der Waals surface area contributed by atoms with E-state index in [0.29, 0.717) is 0 Å². The van der Waals surface area contributed by atoms with Gasteiger partial charge in [0.1, 0.15) is 6.10 Å². The van der Waals surface area contributed by atoms with Gasteiger partial charge >= 0.3 is 0 Å². The van der Waals surface area contributed by atoms with E-state index in [4.69, 9.17) is 4.74 Å². The van der Waals surface area contributed by atoms with Gasteiger partial charge in [-0.05, 0) is 26.2 Å². The van der Waals surface area contributed by atoms with Gasteiger partial charge < -0.3 is 9.84 Å². The second kappa shape index (κ2) is 3.97. The number of ether oxygens (including phenoxy) is 1. The quantitative estimate of drug-likeness (QED) is 0.668. The van der Waals surface area contributed by atoms with Gasteiger partial charge in [-0.15, -0.1) is 0 Å². The summed E-state index contributed by atoms with van der Waals surface area (Å²) in [5, 5.41) is 9.71. The highest BCUT2D eigenvalue weighted by Crippen LogP contribution is 2.38. The van der Waals surface area contributed by atoms with Crippen molar-refractivity contribution in [3.63, 3.8) is 0 Å². The molecule has 0 radical (unpaired) electrons. The molecule has 1 fully saturated rings. The number of hydrogen-bond donors (Lipinski definition) is 1. The smallest absolute Gasteiger partial charge is 0.113 e. The third-order valence-corrected chi connectivity index (χ3v) is 2.69. The molecule has 0 spiro atoms. The molecule has 0 amide bonds. The normalized spacial score (nSPS) is 27.7. The zero-order chi connectivity index (χ0) is 10.1. The van der Waals surface area contributed by atoms with Crippen LogP contribution in [-0.2, 0) is 4.74 Å². The number of epoxide rings is 1. The monoisotopic (exact) mass is 186 g/mol. The Kier molecular flexibility index (Phi) is 3.36. The molecule has 1 aliphatic heterocycles. The van der Waals surface area contributed by atoms with E-state index in [1.54, 1.807) is 0 Å². The van der Waals surface area contributed by atoms with Crippen LogP contribution in [0, 0.1) is 5.92 Å². The van der Waals surface area contributed by atoms with Gasteiger partial charge in [0.25, 0.3) is 0 Å². The number of aliphatic hydroxyl groups is 1. The molecule has 0 aliphatic carbocycles. The first-order chi connectivity index (χ1) is 5.93. The maximum Gasteiger partial charge on any atom is 0.113 e. The van der Waals surface area contributed by atoms with Crippen LogP contribution in [0.25, 0.3) is 0 Å². The fraction of sp³-hybridized carbons (Fsp3) is 1.00. The molecule has 2 atom stereocenters. The Labute approximate surface area is 81.3 Å². The van der Waals surface area contributed by atoms with Crippen LogP contribution in [0.4, 0.5) is 0 Å². The third kappa shape index (κ3) is 3.28. The minimum absolute atomic E-state index is 0.0722. The van der Waals surface area contributed by atoms with Crippen molar-refractivity contribution in [3.05, 3.63) is 0 Å². The molecule has 1 heterocycles. The fourth-order valence-electron chi connectivity index (χ4n) is 1.72. The van der Waals surface area contributed by atoms with Gasteiger partial charge in [0.05, 0.1) is 11.7 Å². The molecule has 0 saturated carbocycles. The van der Waals surface area contributed by atoms with E-state index in [0.717, 1.165) is 18.8 Å². The highest BCUT2D eigenvalue weighted by molar-refractivity contribution is 4.99. The second-order valence-corrected chi connectivity index (χ2v) is 5.03. The molecule has 13 heavy (non-hydrogen) atoms. The second-order valence-electron chi connectivity index (χ2n) is 5.03. The molecular weight excluding hydrogens is 164 g/mol. The number of rotatable bonds is 5. The van der Waals surface area contributed by atoms with Crippen LogP contribution in [0.5, 0.6) is 0 Å². The van der Waals surface area contributed by atoms with Crippen molar-refractivity contribution in [2.45, 2.75) is 64.8 Å². The lowest BCUT2D eigenvalue weighted by Crippen LogP contribution is -2.20. The van der Waals surface area contributed by atoms with Crippen LogP contribution in [0.1, 0.15) is 47.0 Å². The lowest BCUT2D eigenvalue weighted by atomic mass is 9.99.